The molecule has 128 valence electrons. The fraction of sp³-hybridized carbons (Fsp3) is 0.647. The average molecular weight is 357 g/mol. The summed E-state index contributed by atoms with van der Waals surface area (Å²) in [6, 6.07) is 7.08. The maximum absolute atomic E-state index is 12.7. The van der Waals surface area contributed by atoms with Crippen molar-refractivity contribution in [2.24, 2.45) is 5.92 Å². The van der Waals surface area contributed by atoms with Crippen LogP contribution >= 0.6 is 11.6 Å². The first-order chi connectivity index (χ1) is 11.0. The number of nitrogens with zero attached hydrogens (tertiary/aromatic N) is 2. The van der Waals surface area contributed by atoms with Crippen molar-refractivity contribution in [3.8, 4) is 0 Å². The Kier molecular flexibility index (Phi) is 5.31. The fourth-order valence-electron chi connectivity index (χ4n) is 3.80. The molecule has 1 heterocycles. The molecule has 2 aliphatic rings. The zero-order valence-electron chi connectivity index (χ0n) is 13.6. The molecule has 23 heavy (non-hydrogen) atoms. The maximum atomic E-state index is 12.7. The molecule has 6 heteroatoms. The molecule has 1 saturated carbocycles. The molecule has 3 rings (SSSR count). The molecule has 1 aromatic carbocycles. The highest BCUT2D eigenvalue weighted by atomic mass is 35.5. The number of rotatable bonds is 3. The van der Waals surface area contributed by atoms with E-state index in [2.05, 4.69) is 11.8 Å². The van der Waals surface area contributed by atoms with Gasteiger partial charge in [-0.05, 0) is 43.0 Å². The van der Waals surface area contributed by atoms with Gasteiger partial charge in [0.25, 0.3) is 0 Å². The van der Waals surface area contributed by atoms with E-state index in [-0.39, 0.29) is 0 Å². The number of piperazine rings is 1. The molecule has 1 aliphatic carbocycles. The molecule has 0 aromatic heterocycles. The van der Waals surface area contributed by atoms with Gasteiger partial charge in [0.2, 0.25) is 10.0 Å². The summed E-state index contributed by atoms with van der Waals surface area (Å²) < 4.78 is 27.0. The van der Waals surface area contributed by atoms with Gasteiger partial charge >= 0.3 is 0 Å². The second kappa shape index (κ2) is 7.09. The van der Waals surface area contributed by atoms with Crippen LogP contribution in [0.2, 0.25) is 5.02 Å². The fourth-order valence-corrected chi connectivity index (χ4v) is 5.35. The van der Waals surface area contributed by atoms with Crippen molar-refractivity contribution in [1.82, 2.24) is 9.21 Å². The molecule has 0 unspecified atom stereocenters. The summed E-state index contributed by atoms with van der Waals surface area (Å²) in [4.78, 5) is 2.82. The third-order valence-corrected chi connectivity index (χ3v) is 7.31. The summed E-state index contributed by atoms with van der Waals surface area (Å²) in [6.07, 6.45) is 5.15. The first-order valence-corrected chi connectivity index (χ1v) is 10.3. The number of benzene rings is 1. The molecule has 0 bridgehead atoms. The Balaban J connectivity index is 1.63. The Labute approximate surface area is 144 Å². The lowest BCUT2D eigenvalue weighted by atomic mass is 9.86. The van der Waals surface area contributed by atoms with Gasteiger partial charge in [-0.2, -0.15) is 4.31 Å². The quantitative estimate of drug-likeness (QED) is 0.834. The van der Waals surface area contributed by atoms with Crippen molar-refractivity contribution < 1.29 is 8.42 Å². The van der Waals surface area contributed by atoms with Gasteiger partial charge in [-0.25, -0.2) is 8.42 Å². The zero-order valence-corrected chi connectivity index (χ0v) is 15.2. The van der Waals surface area contributed by atoms with E-state index in [9.17, 15) is 8.42 Å². The van der Waals surface area contributed by atoms with E-state index >= 15 is 0 Å². The SMILES string of the molecule is C[C@H]1CCC[C@@H](N2CCN(S(=O)(=O)c3ccc(Cl)cc3)CC2)C1. The first kappa shape index (κ1) is 17.2. The van der Waals surface area contributed by atoms with Crippen LogP contribution < -0.4 is 0 Å². The predicted molar refractivity (Wildman–Crippen MR) is 93.2 cm³/mol. The van der Waals surface area contributed by atoms with Crippen molar-refractivity contribution in [3.05, 3.63) is 29.3 Å². The molecule has 0 N–H and O–H groups in total. The normalized spacial score (nSPS) is 27.9. The third-order valence-electron chi connectivity index (χ3n) is 5.15. The molecule has 1 aromatic rings. The summed E-state index contributed by atoms with van der Waals surface area (Å²) in [5, 5.41) is 0.556. The highest BCUT2D eigenvalue weighted by molar-refractivity contribution is 7.89. The van der Waals surface area contributed by atoms with Crippen molar-refractivity contribution in [2.75, 3.05) is 26.2 Å². The largest absolute Gasteiger partial charge is 0.298 e. The molecule has 2 atom stereocenters. The van der Waals surface area contributed by atoms with Gasteiger partial charge in [-0.1, -0.05) is 31.4 Å². The number of hydrogen-bond acceptors (Lipinski definition) is 3. The van der Waals surface area contributed by atoms with Crippen LogP contribution in [0.15, 0.2) is 29.2 Å². The Hall–Kier alpha value is -0.620. The number of hydrogen-bond donors (Lipinski definition) is 0. The van der Waals surface area contributed by atoms with Crippen LogP contribution in [-0.2, 0) is 10.0 Å². The van der Waals surface area contributed by atoms with E-state index in [4.69, 9.17) is 11.6 Å². The summed E-state index contributed by atoms with van der Waals surface area (Å²) in [5.41, 5.74) is 0. The lowest BCUT2D eigenvalue weighted by molar-refractivity contribution is 0.0967. The summed E-state index contributed by atoms with van der Waals surface area (Å²) in [5.74, 6) is 0.796. The highest BCUT2D eigenvalue weighted by Gasteiger charge is 2.32. The Morgan fingerprint density at radius 2 is 1.70 bits per heavy atom. The summed E-state index contributed by atoms with van der Waals surface area (Å²) in [6.45, 7) is 5.16. The van der Waals surface area contributed by atoms with Crippen LogP contribution in [0.3, 0.4) is 0 Å². The molecule has 1 saturated heterocycles. The minimum atomic E-state index is -3.40. The van der Waals surface area contributed by atoms with Crippen molar-refractivity contribution in [3.63, 3.8) is 0 Å². The van der Waals surface area contributed by atoms with E-state index in [0.29, 0.717) is 29.0 Å². The van der Waals surface area contributed by atoms with Gasteiger partial charge in [0.15, 0.2) is 0 Å². The van der Waals surface area contributed by atoms with Gasteiger partial charge in [0.1, 0.15) is 0 Å². The number of sulfonamides is 1. The Bertz CT molecular complexity index is 624. The van der Waals surface area contributed by atoms with E-state index in [1.165, 1.54) is 25.7 Å². The standard InChI is InChI=1S/C17H25ClN2O2S/c1-14-3-2-4-16(13-14)19-9-11-20(12-10-19)23(21,22)17-7-5-15(18)6-8-17/h5-8,14,16H,2-4,9-13H2,1H3/t14-,16+/m0/s1. The summed E-state index contributed by atoms with van der Waals surface area (Å²) in [7, 11) is -3.40. The monoisotopic (exact) mass is 356 g/mol. The molecule has 2 fully saturated rings. The van der Waals surface area contributed by atoms with Crippen LogP contribution in [0.25, 0.3) is 0 Å². The van der Waals surface area contributed by atoms with Crippen LogP contribution in [0.4, 0.5) is 0 Å². The molecule has 0 radical (unpaired) electrons. The smallest absolute Gasteiger partial charge is 0.243 e. The number of halogens is 1. The van der Waals surface area contributed by atoms with Crippen molar-refractivity contribution >= 4 is 21.6 Å². The van der Waals surface area contributed by atoms with Gasteiger partial charge in [-0.15, -0.1) is 0 Å². The minimum Gasteiger partial charge on any atom is -0.298 e. The third kappa shape index (κ3) is 3.90. The molecule has 4 nitrogen and oxygen atoms in total. The highest BCUT2D eigenvalue weighted by Crippen LogP contribution is 2.28. The summed E-state index contributed by atoms with van der Waals surface area (Å²) >= 11 is 5.85. The van der Waals surface area contributed by atoms with E-state index in [1.54, 1.807) is 28.6 Å². The Morgan fingerprint density at radius 3 is 2.30 bits per heavy atom. The van der Waals surface area contributed by atoms with Crippen molar-refractivity contribution in [1.29, 1.82) is 0 Å². The van der Waals surface area contributed by atoms with Gasteiger partial charge < -0.3 is 0 Å². The minimum absolute atomic E-state index is 0.335. The van der Waals surface area contributed by atoms with Crippen molar-refractivity contribution in [2.45, 2.75) is 43.5 Å². The first-order valence-electron chi connectivity index (χ1n) is 8.46. The van der Waals surface area contributed by atoms with Gasteiger partial charge in [-0.3, -0.25) is 4.90 Å². The molecule has 0 spiro atoms. The molecule has 1 aliphatic heterocycles. The second-order valence-corrected chi connectivity index (χ2v) is 9.19. The van der Waals surface area contributed by atoms with Gasteiger partial charge in [0.05, 0.1) is 4.90 Å². The average Bonchev–Trinajstić information content (AvgIpc) is 2.55. The lowest BCUT2D eigenvalue weighted by Crippen LogP contribution is -2.52. The molecular formula is C17H25ClN2O2S. The second-order valence-electron chi connectivity index (χ2n) is 6.82. The lowest BCUT2D eigenvalue weighted by Gasteiger charge is -2.41. The predicted octanol–water partition coefficient (Wildman–Crippen LogP) is 3.23. The van der Waals surface area contributed by atoms with E-state index in [0.717, 1.165) is 19.0 Å². The van der Waals surface area contributed by atoms with Crippen LogP contribution in [0.5, 0.6) is 0 Å². The van der Waals surface area contributed by atoms with E-state index in [1.807, 2.05) is 0 Å². The van der Waals surface area contributed by atoms with E-state index < -0.39 is 10.0 Å². The van der Waals surface area contributed by atoms with Gasteiger partial charge in [0, 0.05) is 37.2 Å². The van der Waals surface area contributed by atoms with Crippen LogP contribution in [0.1, 0.15) is 32.6 Å². The zero-order chi connectivity index (χ0) is 16.4. The molecular weight excluding hydrogens is 332 g/mol. The van der Waals surface area contributed by atoms with Crippen LogP contribution in [-0.4, -0.2) is 49.8 Å². The Morgan fingerprint density at radius 1 is 1.04 bits per heavy atom. The topological polar surface area (TPSA) is 40.6 Å². The van der Waals surface area contributed by atoms with Crippen LogP contribution in [0, 0.1) is 5.92 Å². The maximum Gasteiger partial charge on any atom is 0.243 e. The molecule has 0 amide bonds.